The third-order valence-electron chi connectivity index (χ3n) is 2.14. The molecule has 2 aromatic rings. The summed E-state index contributed by atoms with van der Waals surface area (Å²) in [5.41, 5.74) is 0.0295. The van der Waals surface area contributed by atoms with Gasteiger partial charge in [0.15, 0.2) is 11.6 Å². The van der Waals surface area contributed by atoms with Crippen LogP contribution in [0.15, 0.2) is 36.4 Å². The summed E-state index contributed by atoms with van der Waals surface area (Å²) >= 11 is 0. The molecule has 18 heavy (non-hydrogen) atoms. The lowest BCUT2D eigenvalue weighted by atomic mass is 10.2. The Morgan fingerprint density at radius 3 is 2.56 bits per heavy atom. The SMILES string of the molecule is N#Cc1cc(F)cc(Oc2cccc(F)c2F)c1. The summed E-state index contributed by atoms with van der Waals surface area (Å²) in [5, 5.41) is 8.64. The van der Waals surface area contributed by atoms with Crippen LogP contribution in [0, 0.1) is 28.8 Å². The van der Waals surface area contributed by atoms with E-state index in [0.29, 0.717) is 0 Å². The molecule has 0 aliphatic heterocycles. The van der Waals surface area contributed by atoms with Gasteiger partial charge in [0.2, 0.25) is 5.82 Å². The Bertz CT molecular complexity index is 635. The molecule has 0 N–H and O–H groups in total. The highest BCUT2D eigenvalue weighted by atomic mass is 19.2. The highest BCUT2D eigenvalue weighted by Gasteiger charge is 2.10. The van der Waals surface area contributed by atoms with Crippen LogP contribution in [0.25, 0.3) is 0 Å². The van der Waals surface area contributed by atoms with E-state index in [4.69, 9.17) is 10.00 Å². The normalized spacial score (nSPS) is 9.89. The summed E-state index contributed by atoms with van der Waals surface area (Å²) < 4.78 is 44.3. The van der Waals surface area contributed by atoms with E-state index in [1.54, 1.807) is 6.07 Å². The Morgan fingerprint density at radius 1 is 1.06 bits per heavy atom. The maximum atomic E-state index is 13.3. The van der Waals surface area contributed by atoms with E-state index in [9.17, 15) is 13.2 Å². The number of nitriles is 1. The van der Waals surface area contributed by atoms with Crippen LogP contribution in [-0.2, 0) is 0 Å². The Labute approximate surface area is 101 Å². The van der Waals surface area contributed by atoms with Crippen LogP contribution in [0.5, 0.6) is 11.5 Å². The van der Waals surface area contributed by atoms with Crippen molar-refractivity contribution in [3.8, 4) is 17.6 Å². The minimum atomic E-state index is -1.17. The second-order valence-corrected chi connectivity index (χ2v) is 3.44. The number of hydrogen-bond acceptors (Lipinski definition) is 2. The second-order valence-electron chi connectivity index (χ2n) is 3.44. The number of ether oxygens (including phenoxy) is 1. The fourth-order valence-corrected chi connectivity index (χ4v) is 1.38. The number of benzene rings is 2. The van der Waals surface area contributed by atoms with E-state index in [1.165, 1.54) is 18.2 Å². The van der Waals surface area contributed by atoms with Gasteiger partial charge in [-0.1, -0.05) is 6.07 Å². The average Bonchev–Trinajstić information content (AvgIpc) is 2.34. The topological polar surface area (TPSA) is 33.0 Å². The van der Waals surface area contributed by atoms with E-state index in [-0.39, 0.29) is 17.1 Å². The molecule has 0 amide bonds. The molecular formula is C13H6F3NO. The molecule has 0 heterocycles. The molecule has 0 fully saturated rings. The van der Waals surface area contributed by atoms with Crippen molar-refractivity contribution in [1.82, 2.24) is 0 Å². The van der Waals surface area contributed by atoms with Crippen molar-refractivity contribution in [3.05, 3.63) is 59.4 Å². The zero-order valence-corrected chi connectivity index (χ0v) is 8.95. The Balaban J connectivity index is 2.37. The van der Waals surface area contributed by atoms with Gasteiger partial charge in [-0.2, -0.15) is 9.65 Å². The summed E-state index contributed by atoms with van der Waals surface area (Å²) in [7, 11) is 0. The fraction of sp³-hybridized carbons (Fsp3) is 0. The van der Waals surface area contributed by atoms with Gasteiger partial charge in [-0.05, 0) is 24.3 Å². The summed E-state index contributed by atoms with van der Waals surface area (Å²) in [4.78, 5) is 0. The van der Waals surface area contributed by atoms with E-state index < -0.39 is 17.5 Å². The van der Waals surface area contributed by atoms with Gasteiger partial charge in [-0.15, -0.1) is 0 Å². The fourth-order valence-electron chi connectivity index (χ4n) is 1.38. The molecule has 0 aliphatic carbocycles. The minimum Gasteiger partial charge on any atom is -0.454 e. The largest absolute Gasteiger partial charge is 0.454 e. The Kier molecular flexibility index (Phi) is 3.20. The quantitative estimate of drug-likeness (QED) is 0.811. The van der Waals surface area contributed by atoms with Gasteiger partial charge in [0.05, 0.1) is 11.6 Å². The summed E-state index contributed by atoms with van der Waals surface area (Å²) in [5.74, 6) is -3.37. The summed E-state index contributed by atoms with van der Waals surface area (Å²) in [6.07, 6.45) is 0. The van der Waals surface area contributed by atoms with Crippen molar-refractivity contribution in [3.63, 3.8) is 0 Å². The van der Waals surface area contributed by atoms with Gasteiger partial charge >= 0.3 is 0 Å². The zero-order valence-electron chi connectivity index (χ0n) is 8.95. The molecule has 90 valence electrons. The van der Waals surface area contributed by atoms with E-state index in [2.05, 4.69) is 0 Å². The molecule has 5 heteroatoms. The molecule has 0 bridgehead atoms. The third kappa shape index (κ3) is 2.43. The Hall–Kier alpha value is -2.48. The first kappa shape index (κ1) is 12.0. The molecule has 0 saturated carbocycles. The van der Waals surface area contributed by atoms with Gasteiger partial charge in [0.25, 0.3) is 0 Å². The van der Waals surface area contributed by atoms with Crippen LogP contribution in [0.2, 0.25) is 0 Å². The molecule has 2 nitrogen and oxygen atoms in total. The van der Waals surface area contributed by atoms with Crippen molar-refractivity contribution < 1.29 is 17.9 Å². The first-order chi connectivity index (χ1) is 8.60. The van der Waals surface area contributed by atoms with E-state index in [1.807, 2.05) is 0 Å². The monoisotopic (exact) mass is 249 g/mol. The van der Waals surface area contributed by atoms with Gasteiger partial charge in [-0.25, -0.2) is 8.78 Å². The lowest BCUT2D eigenvalue weighted by molar-refractivity contribution is 0.414. The van der Waals surface area contributed by atoms with Crippen LogP contribution < -0.4 is 4.74 Å². The molecule has 0 aliphatic rings. The number of halogens is 3. The summed E-state index contributed by atoms with van der Waals surface area (Å²) in [6.45, 7) is 0. The maximum absolute atomic E-state index is 13.3. The van der Waals surface area contributed by atoms with Gasteiger partial charge in [-0.3, -0.25) is 0 Å². The minimum absolute atomic E-state index is 0.0295. The first-order valence-electron chi connectivity index (χ1n) is 4.92. The molecular weight excluding hydrogens is 243 g/mol. The molecule has 0 aromatic heterocycles. The van der Waals surface area contributed by atoms with E-state index in [0.717, 1.165) is 18.2 Å². The number of rotatable bonds is 2. The molecule has 0 saturated heterocycles. The van der Waals surface area contributed by atoms with Crippen molar-refractivity contribution in [2.24, 2.45) is 0 Å². The highest BCUT2D eigenvalue weighted by molar-refractivity contribution is 5.40. The van der Waals surface area contributed by atoms with Crippen molar-refractivity contribution in [2.75, 3.05) is 0 Å². The molecule has 0 spiro atoms. The standard InChI is InChI=1S/C13H6F3NO/c14-9-4-8(7-17)5-10(6-9)18-12-3-1-2-11(15)13(12)16/h1-6H. The molecule has 2 rings (SSSR count). The molecule has 0 radical (unpaired) electrons. The van der Waals surface area contributed by atoms with Crippen LogP contribution in [0.4, 0.5) is 13.2 Å². The van der Waals surface area contributed by atoms with Crippen LogP contribution in [0.3, 0.4) is 0 Å². The van der Waals surface area contributed by atoms with Crippen molar-refractivity contribution >= 4 is 0 Å². The molecule has 0 unspecified atom stereocenters. The third-order valence-corrected chi connectivity index (χ3v) is 2.14. The summed E-state index contributed by atoms with van der Waals surface area (Å²) in [6, 6.07) is 8.35. The van der Waals surface area contributed by atoms with Crippen LogP contribution in [0.1, 0.15) is 5.56 Å². The van der Waals surface area contributed by atoms with Gasteiger partial charge in [0, 0.05) is 6.07 Å². The highest BCUT2D eigenvalue weighted by Crippen LogP contribution is 2.27. The Morgan fingerprint density at radius 2 is 1.83 bits per heavy atom. The number of hydrogen-bond donors (Lipinski definition) is 0. The van der Waals surface area contributed by atoms with Crippen LogP contribution in [-0.4, -0.2) is 0 Å². The predicted molar refractivity (Wildman–Crippen MR) is 57.5 cm³/mol. The van der Waals surface area contributed by atoms with Crippen molar-refractivity contribution in [1.29, 1.82) is 5.26 Å². The van der Waals surface area contributed by atoms with E-state index >= 15 is 0 Å². The van der Waals surface area contributed by atoms with Crippen molar-refractivity contribution in [2.45, 2.75) is 0 Å². The predicted octanol–water partition coefficient (Wildman–Crippen LogP) is 3.77. The lowest BCUT2D eigenvalue weighted by Crippen LogP contribution is -1.92. The number of nitrogens with zero attached hydrogens (tertiary/aromatic N) is 1. The molecule has 0 atom stereocenters. The van der Waals surface area contributed by atoms with Gasteiger partial charge in [0.1, 0.15) is 11.6 Å². The van der Waals surface area contributed by atoms with Crippen LogP contribution >= 0.6 is 0 Å². The van der Waals surface area contributed by atoms with Gasteiger partial charge < -0.3 is 4.74 Å². The average molecular weight is 249 g/mol. The second kappa shape index (κ2) is 4.80. The smallest absolute Gasteiger partial charge is 0.201 e. The molecule has 2 aromatic carbocycles. The first-order valence-corrected chi connectivity index (χ1v) is 4.92. The zero-order chi connectivity index (χ0) is 13.1. The lowest BCUT2D eigenvalue weighted by Gasteiger charge is -2.07. The maximum Gasteiger partial charge on any atom is 0.201 e.